The zero-order valence-corrected chi connectivity index (χ0v) is 21.2. The van der Waals surface area contributed by atoms with E-state index in [1.165, 1.54) is 20.8 Å². The van der Waals surface area contributed by atoms with Gasteiger partial charge in [0.2, 0.25) is 0 Å². The maximum absolute atomic E-state index is 14.2. The van der Waals surface area contributed by atoms with Gasteiger partial charge < -0.3 is 4.74 Å². The van der Waals surface area contributed by atoms with Crippen LogP contribution in [0.2, 0.25) is 0 Å². The largest absolute Gasteiger partial charge is 0.460 e. The van der Waals surface area contributed by atoms with Crippen LogP contribution < -0.4 is 0 Å². The molecule has 0 heterocycles. The lowest BCUT2D eigenvalue weighted by atomic mass is 9.87. The highest BCUT2D eigenvalue weighted by Crippen LogP contribution is 2.64. The molecule has 42 heavy (non-hydrogen) atoms. The van der Waals surface area contributed by atoms with E-state index in [1.807, 2.05) is 0 Å². The minimum Gasteiger partial charge on any atom is -0.456 e. The molecule has 1 aromatic carbocycles. The molecule has 0 fully saturated rings. The Hall–Kier alpha value is -2.76. The molecule has 0 amide bonds. The zero-order valence-electron chi connectivity index (χ0n) is 21.2. The Morgan fingerprint density at radius 1 is 0.667 bits per heavy atom. The highest BCUT2D eigenvalue weighted by Gasteiger charge is 2.95. The molecule has 19 heteroatoms. The monoisotopic (exact) mass is 650 g/mol. The number of benzene rings is 1. The van der Waals surface area contributed by atoms with E-state index in [-0.39, 0.29) is 5.56 Å². The second-order valence-electron chi connectivity index (χ2n) is 9.82. The summed E-state index contributed by atoms with van der Waals surface area (Å²) in [5.41, 5.74) is -2.25. The van der Waals surface area contributed by atoms with Gasteiger partial charge in [-0.05, 0) is 50.5 Å². The summed E-state index contributed by atoms with van der Waals surface area (Å²) < 4.78 is 233. The maximum atomic E-state index is 14.2. The van der Waals surface area contributed by atoms with Gasteiger partial charge in [0.25, 0.3) is 0 Å². The first kappa shape index (κ1) is 37.3. The molecule has 0 aliphatic heterocycles. The molecule has 0 unspecified atom stereocenters. The van der Waals surface area contributed by atoms with E-state index in [2.05, 4.69) is 6.58 Å². The standard InChI is InChI=1S/C23H19F17O2/c1-5-11-8-12(10-13(9-11)14(41)42-15(2,3)4)6-7-16(24,25)17(26,27)18(28,29)19(30,31)20(32,33)21(34,35)22(36,37)23(38,39)40/h5,8-10H,1,6-7H2,2-4H3. The van der Waals surface area contributed by atoms with E-state index < -0.39 is 83.2 Å². The van der Waals surface area contributed by atoms with E-state index in [0.29, 0.717) is 6.07 Å². The predicted molar refractivity (Wildman–Crippen MR) is 111 cm³/mol. The average Bonchev–Trinajstić information content (AvgIpc) is 2.79. The van der Waals surface area contributed by atoms with Crippen molar-refractivity contribution in [2.75, 3.05) is 0 Å². The van der Waals surface area contributed by atoms with Gasteiger partial charge in [0.05, 0.1) is 5.56 Å². The van der Waals surface area contributed by atoms with E-state index >= 15 is 0 Å². The maximum Gasteiger partial charge on any atom is 0.460 e. The molecule has 0 saturated heterocycles. The number of carbonyl (C=O) groups excluding carboxylic acids is 1. The number of hydrogen-bond acceptors (Lipinski definition) is 2. The van der Waals surface area contributed by atoms with Gasteiger partial charge in [-0.1, -0.05) is 18.7 Å². The molecule has 0 aromatic heterocycles. The van der Waals surface area contributed by atoms with Gasteiger partial charge in [-0.2, -0.15) is 74.6 Å². The summed E-state index contributed by atoms with van der Waals surface area (Å²) in [5.74, 6) is -57.9. The molecule has 0 spiro atoms. The Balaban J connectivity index is 3.50. The van der Waals surface area contributed by atoms with Gasteiger partial charge in [0, 0.05) is 6.42 Å². The lowest BCUT2D eigenvalue weighted by Crippen LogP contribution is -2.74. The number of ether oxygens (including phenoxy) is 1. The van der Waals surface area contributed by atoms with Crippen LogP contribution in [0.3, 0.4) is 0 Å². The normalized spacial score (nSPS) is 15.0. The second-order valence-corrected chi connectivity index (χ2v) is 9.82. The molecule has 1 rings (SSSR count). The Morgan fingerprint density at radius 2 is 1.07 bits per heavy atom. The number of hydrogen-bond donors (Lipinski definition) is 0. The van der Waals surface area contributed by atoms with Gasteiger partial charge in [0.15, 0.2) is 0 Å². The summed E-state index contributed by atoms with van der Waals surface area (Å²) in [6.07, 6.45) is -11.0. The molecule has 1 aromatic rings. The molecule has 0 aliphatic rings. The lowest BCUT2D eigenvalue weighted by molar-refractivity contribution is -0.461. The molecule has 0 atom stereocenters. The van der Waals surface area contributed by atoms with Crippen LogP contribution in [-0.4, -0.2) is 59.2 Å². The predicted octanol–water partition coefficient (Wildman–Crippen LogP) is 9.23. The first-order valence-electron chi connectivity index (χ1n) is 11.0. The minimum absolute atomic E-state index is 0.0900. The van der Waals surface area contributed by atoms with Gasteiger partial charge in [0.1, 0.15) is 5.60 Å². The van der Waals surface area contributed by atoms with Crippen molar-refractivity contribution in [2.24, 2.45) is 0 Å². The number of rotatable bonds is 11. The third-order valence-corrected chi connectivity index (χ3v) is 5.40. The van der Waals surface area contributed by atoms with Gasteiger partial charge in [-0.15, -0.1) is 0 Å². The Morgan fingerprint density at radius 3 is 1.45 bits per heavy atom. The van der Waals surface area contributed by atoms with Crippen molar-refractivity contribution in [3.63, 3.8) is 0 Å². The van der Waals surface area contributed by atoms with Crippen molar-refractivity contribution in [2.45, 2.75) is 86.8 Å². The van der Waals surface area contributed by atoms with Crippen LogP contribution in [-0.2, 0) is 11.2 Å². The van der Waals surface area contributed by atoms with Crippen LogP contribution in [0, 0.1) is 0 Å². The SMILES string of the molecule is C=Cc1cc(CCC(F)(F)C(F)(F)C(F)(F)C(F)(F)C(F)(F)C(F)(F)C(F)(F)C(F)(F)F)cc(C(=O)OC(C)(C)C)c1. The Kier molecular flexibility index (Phi) is 9.54. The van der Waals surface area contributed by atoms with Crippen LogP contribution >= 0.6 is 0 Å². The Labute approximate surface area is 225 Å². The van der Waals surface area contributed by atoms with Crippen molar-refractivity contribution < 1.29 is 84.2 Å². The molecule has 2 nitrogen and oxygen atoms in total. The Bertz CT molecular complexity index is 1160. The number of alkyl halides is 17. The molecule has 242 valence electrons. The topological polar surface area (TPSA) is 26.3 Å². The van der Waals surface area contributed by atoms with Crippen LogP contribution in [0.25, 0.3) is 6.08 Å². The summed E-state index contributed by atoms with van der Waals surface area (Å²) >= 11 is 0. The zero-order chi connectivity index (χ0) is 33.8. The second kappa shape index (κ2) is 10.7. The summed E-state index contributed by atoms with van der Waals surface area (Å²) in [7, 11) is 0. The van der Waals surface area contributed by atoms with Crippen molar-refractivity contribution in [1.29, 1.82) is 0 Å². The fraction of sp³-hybridized carbons (Fsp3) is 0.609. The third kappa shape index (κ3) is 6.14. The van der Waals surface area contributed by atoms with E-state index in [4.69, 9.17) is 4.74 Å². The molecule has 0 radical (unpaired) electrons. The summed E-state index contributed by atoms with van der Waals surface area (Å²) in [6.45, 7) is 7.45. The summed E-state index contributed by atoms with van der Waals surface area (Å²) in [4.78, 5) is 12.2. The average molecular weight is 650 g/mol. The molecule has 0 saturated carbocycles. The molecule has 0 aliphatic carbocycles. The first-order chi connectivity index (χ1) is 18.2. The smallest absolute Gasteiger partial charge is 0.456 e. The lowest BCUT2D eigenvalue weighted by Gasteiger charge is -2.42. The first-order valence-corrected chi connectivity index (χ1v) is 11.0. The highest BCUT2D eigenvalue weighted by atomic mass is 19.4. The number of halogens is 17. The third-order valence-electron chi connectivity index (χ3n) is 5.40. The van der Waals surface area contributed by atoms with Crippen molar-refractivity contribution in [3.05, 3.63) is 41.5 Å². The summed E-state index contributed by atoms with van der Waals surface area (Å²) in [6, 6.07) is 2.57. The van der Waals surface area contributed by atoms with E-state index in [0.717, 1.165) is 18.2 Å². The van der Waals surface area contributed by atoms with Crippen LogP contribution in [0.15, 0.2) is 24.8 Å². The fourth-order valence-electron chi connectivity index (χ4n) is 3.09. The fourth-order valence-corrected chi connectivity index (χ4v) is 3.09. The minimum atomic E-state index is -8.68. The van der Waals surface area contributed by atoms with Crippen LogP contribution in [0.5, 0.6) is 0 Å². The quantitative estimate of drug-likeness (QED) is 0.176. The molecular formula is C23H19F17O2. The van der Waals surface area contributed by atoms with Gasteiger partial charge in [-0.3, -0.25) is 0 Å². The van der Waals surface area contributed by atoms with Gasteiger partial charge in [-0.25, -0.2) is 4.79 Å². The van der Waals surface area contributed by atoms with Gasteiger partial charge >= 0.3 is 53.6 Å². The molecule has 0 N–H and O–H groups in total. The summed E-state index contributed by atoms with van der Waals surface area (Å²) in [5, 5.41) is 0. The number of esters is 1. The van der Waals surface area contributed by atoms with Crippen molar-refractivity contribution in [1.82, 2.24) is 0 Å². The van der Waals surface area contributed by atoms with E-state index in [1.54, 1.807) is 0 Å². The number of aryl methyl sites for hydroxylation is 1. The van der Waals surface area contributed by atoms with Crippen molar-refractivity contribution in [3.8, 4) is 0 Å². The van der Waals surface area contributed by atoms with Crippen LogP contribution in [0.1, 0.15) is 48.7 Å². The van der Waals surface area contributed by atoms with Crippen molar-refractivity contribution >= 4 is 12.0 Å². The molecule has 0 bridgehead atoms. The highest BCUT2D eigenvalue weighted by molar-refractivity contribution is 5.90. The van der Waals surface area contributed by atoms with Crippen LogP contribution in [0.4, 0.5) is 74.6 Å². The number of carbonyl (C=O) groups is 1. The van der Waals surface area contributed by atoms with E-state index in [9.17, 15) is 79.4 Å². The molecular weight excluding hydrogens is 631 g/mol.